The molecule has 1 heteroatoms. The van der Waals surface area contributed by atoms with Crippen LogP contribution in [0.25, 0.3) is 0 Å². The van der Waals surface area contributed by atoms with E-state index in [0.717, 1.165) is 0 Å². The van der Waals surface area contributed by atoms with Crippen LogP contribution in [0.5, 0.6) is 0 Å². The Kier molecular flexibility index (Phi) is 2.14. The molecule has 0 aliphatic heterocycles. The minimum Gasteiger partial charge on any atom is -0.123 e. The number of rotatable bonds is 2. The van der Waals surface area contributed by atoms with Gasteiger partial charge in [0.05, 0.1) is 0 Å². The van der Waals surface area contributed by atoms with Gasteiger partial charge in [-0.15, -0.1) is 12.6 Å². The van der Waals surface area contributed by atoms with Gasteiger partial charge >= 0.3 is 0 Å². The first-order chi connectivity index (χ1) is 4.43. The van der Waals surface area contributed by atoms with Gasteiger partial charge in [-0.05, 0) is 0 Å². The largest absolute Gasteiger partial charge is 0.180 e. The predicted molar refractivity (Wildman–Crippen MR) is 42.0 cm³/mol. The van der Waals surface area contributed by atoms with Crippen LogP contribution >= 0.6 is 0 Å². The maximum absolute atomic E-state index is 3.60. The average molecular weight is 115 g/mol. The summed E-state index contributed by atoms with van der Waals surface area (Å²) in [5.41, 5.74) is 1.20. The predicted octanol–water partition coefficient (Wildman–Crippen LogP) is 1.16. The van der Waals surface area contributed by atoms with E-state index in [1.807, 2.05) is 37.6 Å². The van der Waals surface area contributed by atoms with Gasteiger partial charge in [-0.25, -0.2) is 0 Å². The van der Waals surface area contributed by atoms with E-state index in [9.17, 15) is 0 Å². The third-order valence-corrected chi connectivity index (χ3v) is 1.11. The quantitative estimate of drug-likeness (QED) is 0.507. The summed E-state index contributed by atoms with van der Waals surface area (Å²) in [5, 5.41) is 0. The highest BCUT2D eigenvalue weighted by Crippen LogP contribution is 1.80. The fourth-order valence-corrected chi connectivity index (χ4v) is 0.700. The van der Waals surface area contributed by atoms with Crippen molar-refractivity contribution in [2.24, 2.45) is 0 Å². The van der Waals surface area contributed by atoms with Crippen LogP contribution in [0.15, 0.2) is 42.9 Å². The molecule has 0 aliphatic carbocycles. The molecule has 1 rings (SSSR count). The molecule has 1 aromatic rings. The van der Waals surface area contributed by atoms with E-state index in [4.69, 9.17) is 0 Å². The van der Waals surface area contributed by atoms with Crippen molar-refractivity contribution in [3.63, 3.8) is 0 Å². The van der Waals surface area contributed by atoms with Crippen LogP contribution in [0.2, 0.25) is 0 Å². The molecule has 1 aromatic carbocycles. The summed E-state index contributed by atoms with van der Waals surface area (Å²) in [4.78, 5) is 0. The Bertz CT molecular complexity index is 179. The summed E-state index contributed by atoms with van der Waals surface area (Å²) in [7, 11) is 1.97. The van der Waals surface area contributed by atoms with E-state index in [1.54, 1.807) is 5.98 Å². The highest BCUT2D eigenvalue weighted by atomic mass is 13.7. The second-order valence-electron chi connectivity index (χ2n) is 1.81. The molecule has 0 bridgehead atoms. The van der Waals surface area contributed by atoms with Crippen LogP contribution in [0.4, 0.5) is 0 Å². The molecule has 0 heterocycles. The summed E-state index contributed by atoms with van der Waals surface area (Å²) >= 11 is 0. The molecular formula is C8H8B. The topological polar surface area (TPSA) is 0 Å². The van der Waals surface area contributed by atoms with Crippen LogP contribution in [-0.2, 0) is 0 Å². The Balaban J connectivity index is 2.72. The van der Waals surface area contributed by atoms with E-state index in [-0.39, 0.29) is 0 Å². The molecule has 1 radical (unpaired) electrons. The van der Waals surface area contributed by atoms with Gasteiger partial charge in [0.25, 0.3) is 0 Å². The highest BCUT2D eigenvalue weighted by molar-refractivity contribution is 6.58. The molecule has 0 atom stereocenters. The van der Waals surface area contributed by atoms with Crippen LogP contribution in [0, 0.1) is 0 Å². The Labute approximate surface area is 56.5 Å². The second kappa shape index (κ2) is 3.13. The molecule has 9 heavy (non-hydrogen) atoms. The summed E-state index contributed by atoms with van der Waals surface area (Å²) in [6.07, 6.45) is 0. The van der Waals surface area contributed by atoms with Crippen molar-refractivity contribution >= 4 is 12.7 Å². The van der Waals surface area contributed by atoms with E-state index in [1.165, 1.54) is 5.46 Å². The molecule has 0 amide bonds. The van der Waals surface area contributed by atoms with Crippen LogP contribution in [-0.4, -0.2) is 7.28 Å². The molecule has 0 N–H and O–H groups in total. The Morgan fingerprint density at radius 1 is 1.22 bits per heavy atom. The highest BCUT2D eigenvalue weighted by Gasteiger charge is 1.84. The van der Waals surface area contributed by atoms with Gasteiger partial charge in [-0.3, -0.25) is 0 Å². The summed E-state index contributed by atoms with van der Waals surface area (Å²) < 4.78 is 0. The number of hydrogen-bond donors (Lipinski definition) is 0. The maximum atomic E-state index is 3.60. The van der Waals surface area contributed by atoms with Gasteiger partial charge in [0.1, 0.15) is 0 Å². The molecule has 0 unspecified atom stereocenters. The Morgan fingerprint density at radius 3 is 2.44 bits per heavy atom. The minimum absolute atomic E-state index is 1.20. The van der Waals surface area contributed by atoms with E-state index in [0.29, 0.717) is 0 Å². The van der Waals surface area contributed by atoms with Crippen LogP contribution in [0.1, 0.15) is 0 Å². The standard InChI is InChI=1S/C8H8B/c1-2-9-8-6-4-3-5-7-8/h2-7H,1H2. The lowest BCUT2D eigenvalue weighted by atomic mass is 9.71. The first-order valence-electron chi connectivity index (χ1n) is 2.94. The van der Waals surface area contributed by atoms with E-state index >= 15 is 0 Å². The lowest BCUT2D eigenvalue weighted by Gasteiger charge is -1.89. The molecule has 0 fully saturated rings. The fraction of sp³-hybridized carbons (Fsp3) is 0. The average Bonchev–Trinajstić information content (AvgIpc) is 1.91. The Morgan fingerprint density at radius 2 is 1.89 bits per heavy atom. The lowest BCUT2D eigenvalue weighted by Crippen LogP contribution is -2.09. The Hall–Kier alpha value is -0.975. The van der Waals surface area contributed by atoms with Gasteiger partial charge in [0, 0.05) is 0 Å². The van der Waals surface area contributed by atoms with Crippen molar-refractivity contribution < 1.29 is 0 Å². The van der Waals surface area contributed by atoms with Crippen molar-refractivity contribution in [2.45, 2.75) is 0 Å². The zero-order valence-corrected chi connectivity index (χ0v) is 5.25. The minimum atomic E-state index is 1.20. The first kappa shape index (κ1) is 6.15. The first-order valence-corrected chi connectivity index (χ1v) is 2.94. The lowest BCUT2D eigenvalue weighted by molar-refractivity contribution is 1.77. The second-order valence-corrected chi connectivity index (χ2v) is 1.81. The normalized spacial score (nSPS) is 8.44. The van der Waals surface area contributed by atoms with Gasteiger partial charge in [0.15, 0.2) is 7.28 Å². The zero-order chi connectivity index (χ0) is 6.53. The van der Waals surface area contributed by atoms with Gasteiger partial charge < -0.3 is 0 Å². The molecule has 0 spiro atoms. The maximum Gasteiger partial charge on any atom is 0.180 e. The SMILES string of the molecule is C=C[B]c1ccccc1. The zero-order valence-electron chi connectivity index (χ0n) is 5.25. The van der Waals surface area contributed by atoms with E-state index in [2.05, 4.69) is 6.58 Å². The molecule has 43 valence electrons. The van der Waals surface area contributed by atoms with Gasteiger partial charge in [0.2, 0.25) is 0 Å². The summed E-state index contributed by atoms with van der Waals surface area (Å²) in [6, 6.07) is 10.1. The molecule has 0 nitrogen and oxygen atoms in total. The van der Waals surface area contributed by atoms with Gasteiger partial charge in [-0.1, -0.05) is 35.8 Å². The van der Waals surface area contributed by atoms with Crippen molar-refractivity contribution in [2.75, 3.05) is 0 Å². The number of benzene rings is 1. The number of hydrogen-bond acceptors (Lipinski definition) is 0. The molecular weight excluding hydrogens is 107 g/mol. The molecule has 0 aromatic heterocycles. The van der Waals surface area contributed by atoms with Crippen LogP contribution in [0.3, 0.4) is 0 Å². The van der Waals surface area contributed by atoms with Gasteiger partial charge in [-0.2, -0.15) is 0 Å². The van der Waals surface area contributed by atoms with Crippen molar-refractivity contribution in [1.82, 2.24) is 0 Å². The smallest absolute Gasteiger partial charge is 0.123 e. The third kappa shape index (κ3) is 1.76. The van der Waals surface area contributed by atoms with E-state index < -0.39 is 0 Å². The summed E-state index contributed by atoms with van der Waals surface area (Å²) in [5.74, 6) is 1.79. The fourth-order valence-electron chi connectivity index (χ4n) is 0.700. The third-order valence-electron chi connectivity index (χ3n) is 1.11. The molecule has 0 saturated heterocycles. The van der Waals surface area contributed by atoms with Crippen molar-refractivity contribution in [1.29, 1.82) is 0 Å². The molecule has 0 aliphatic rings. The van der Waals surface area contributed by atoms with Crippen LogP contribution < -0.4 is 5.46 Å². The summed E-state index contributed by atoms with van der Waals surface area (Å²) in [6.45, 7) is 3.60. The van der Waals surface area contributed by atoms with Crippen molar-refractivity contribution in [3.8, 4) is 0 Å². The monoisotopic (exact) mass is 115 g/mol. The molecule has 0 saturated carbocycles. The van der Waals surface area contributed by atoms with Crippen molar-refractivity contribution in [3.05, 3.63) is 42.9 Å².